The third-order valence-corrected chi connectivity index (χ3v) is 6.41. The van der Waals surface area contributed by atoms with Crippen molar-refractivity contribution in [1.29, 1.82) is 0 Å². The van der Waals surface area contributed by atoms with Crippen LogP contribution in [0.4, 0.5) is 4.79 Å². The molecule has 2 aromatic carbocycles. The first kappa shape index (κ1) is 23.3. The lowest BCUT2D eigenvalue weighted by atomic mass is 9.82. The molecule has 0 spiro atoms. The topological polar surface area (TPSA) is 59.1 Å². The smallest absolute Gasteiger partial charge is 0.413 e. The van der Waals surface area contributed by atoms with E-state index in [0.717, 1.165) is 19.4 Å². The number of fused-ring (bicyclic) bond motifs is 1. The number of ether oxygens (including phenoxy) is 2. The third-order valence-electron chi connectivity index (χ3n) is 6.41. The van der Waals surface area contributed by atoms with Gasteiger partial charge in [0.2, 0.25) is 0 Å². The fourth-order valence-electron chi connectivity index (χ4n) is 5.22. The molecule has 0 aliphatic carbocycles. The quantitative estimate of drug-likeness (QED) is 0.627. The van der Waals surface area contributed by atoms with Gasteiger partial charge in [-0.2, -0.15) is 0 Å². The lowest BCUT2D eigenvalue weighted by molar-refractivity contribution is -0.171. The number of carbonyl (C=O) groups excluding carboxylic acids is 2. The monoisotopic (exact) mass is 450 g/mol. The first-order chi connectivity index (χ1) is 15.7. The molecule has 0 N–H and O–H groups in total. The van der Waals surface area contributed by atoms with Gasteiger partial charge in [0, 0.05) is 25.4 Å². The fraction of sp³-hybridized carbons (Fsp3) is 0.481. The summed E-state index contributed by atoms with van der Waals surface area (Å²) < 4.78 is 11.5. The zero-order valence-corrected chi connectivity index (χ0v) is 19.9. The van der Waals surface area contributed by atoms with E-state index >= 15 is 0 Å². The van der Waals surface area contributed by atoms with Crippen molar-refractivity contribution in [3.63, 3.8) is 0 Å². The maximum Gasteiger partial charge on any atom is 0.413 e. The van der Waals surface area contributed by atoms with Crippen molar-refractivity contribution in [3.8, 4) is 0 Å². The van der Waals surface area contributed by atoms with Crippen LogP contribution in [0.25, 0.3) is 0 Å². The van der Waals surface area contributed by atoms with Crippen LogP contribution in [0.1, 0.15) is 57.6 Å². The number of benzene rings is 2. The Balaban J connectivity index is 1.76. The molecule has 33 heavy (non-hydrogen) atoms. The van der Waals surface area contributed by atoms with Crippen LogP contribution in [0.2, 0.25) is 0 Å². The lowest BCUT2D eigenvalue weighted by Gasteiger charge is -2.50. The van der Waals surface area contributed by atoms with Gasteiger partial charge in [0.25, 0.3) is 0 Å². The second kappa shape index (κ2) is 9.56. The molecule has 2 heterocycles. The van der Waals surface area contributed by atoms with E-state index in [-0.39, 0.29) is 24.0 Å². The minimum Gasteiger partial charge on any atom is -0.444 e. The first-order valence-corrected chi connectivity index (χ1v) is 11.8. The Hall–Kier alpha value is -2.86. The van der Waals surface area contributed by atoms with Crippen molar-refractivity contribution in [3.05, 3.63) is 71.8 Å². The van der Waals surface area contributed by atoms with Crippen LogP contribution in [0.15, 0.2) is 60.7 Å². The van der Waals surface area contributed by atoms with Gasteiger partial charge in [-0.05, 0) is 51.3 Å². The molecule has 0 saturated carbocycles. The summed E-state index contributed by atoms with van der Waals surface area (Å²) in [5.74, 6) is -0.322. The van der Waals surface area contributed by atoms with E-state index in [4.69, 9.17) is 9.47 Å². The normalized spacial score (nSPS) is 23.3. The number of hydrogen-bond donors (Lipinski definition) is 0. The van der Waals surface area contributed by atoms with Crippen LogP contribution in [-0.4, -0.2) is 58.9 Å². The Labute approximate surface area is 196 Å². The fourth-order valence-corrected chi connectivity index (χ4v) is 5.22. The molecule has 176 valence electrons. The maximum atomic E-state index is 13.3. The molecule has 1 amide bonds. The molecule has 2 aliphatic heterocycles. The summed E-state index contributed by atoms with van der Waals surface area (Å²) in [6, 6.07) is 20.9. The zero-order valence-electron chi connectivity index (χ0n) is 19.9. The van der Waals surface area contributed by atoms with Gasteiger partial charge in [-0.15, -0.1) is 0 Å². The van der Waals surface area contributed by atoms with E-state index in [1.54, 1.807) is 4.90 Å². The highest BCUT2D eigenvalue weighted by molar-refractivity contribution is 5.70. The summed E-state index contributed by atoms with van der Waals surface area (Å²) in [6.45, 7) is 8.28. The van der Waals surface area contributed by atoms with Crippen LogP contribution in [0, 0.1) is 0 Å². The number of hydrogen-bond acceptors (Lipinski definition) is 5. The minimum absolute atomic E-state index is 0.0293. The summed E-state index contributed by atoms with van der Waals surface area (Å²) in [5, 5.41) is 0. The standard InChI is InChI=1S/C27H34N2O4/c1-19(30)32-25-22-16-11-17-28(22)23(18-29(25)26(31)33-27(2,3)4)24(20-12-7-5-8-13-20)21-14-9-6-10-15-21/h5-10,12-15,22-25H,11,16-18H2,1-4H3. The Bertz CT molecular complexity index is 918. The summed E-state index contributed by atoms with van der Waals surface area (Å²) in [4.78, 5) is 29.4. The highest BCUT2D eigenvalue weighted by Crippen LogP contribution is 2.40. The molecule has 2 saturated heterocycles. The largest absolute Gasteiger partial charge is 0.444 e. The van der Waals surface area contributed by atoms with Crippen LogP contribution in [-0.2, 0) is 14.3 Å². The Morgan fingerprint density at radius 1 is 0.970 bits per heavy atom. The highest BCUT2D eigenvalue weighted by atomic mass is 16.6. The molecule has 4 rings (SSSR count). The van der Waals surface area contributed by atoms with Gasteiger partial charge in [0.05, 0.1) is 6.04 Å². The molecule has 6 nitrogen and oxygen atoms in total. The number of piperazine rings is 1. The highest BCUT2D eigenvalue weighted by Gasteiger charge is 2.50. The van der Waals surface area contributed by atoms with E-state index in [1.165, 1.54) is 18.1 Å². The zero-order chi connectivity index (χ0) is 23.6. The molecule has 3 atom stereocenters. The van der Waals surface area contributed by atoms with Gasteiger partial charge in [-0.25, -0.2) is 4.79 Å². The Morgan fingerprint density at radius 3 is 2.06 bits per heavy atom. The van der Waals surface area contributed by atoms with Crippen molar-refractivity contribution in [2.24, 2.45) is 0 Å². The van der Waals surface area contributed by atoms with Crippen LogP contribution >= 0.6 is 0 Å². The van der Waals surface area contributed by atoms with E-state index < -0.39 is 17.9 Å². The van der Waals surface area contributed by atoms with Crippen molar-refractivity contribution in [2.45, 2.75) is 70.4 Å². The third kappa shape index (κ3) is 5.22. The first-order valence-electron chi connectivity index (χ1n) is 11.8. The average molecular weight is 451 g/mol. The van der Waals surface area contributed by atoms with Crippen molar-refractivity contribution in [2.75, 3.05) is 13.1 Å². The average Bonchev–Trinajstić information content (AvgIpc) is 3.25. The number of rotatable bonds is 4. The van der Waals surface area contributed by atoms with Crippen molar-refractivity contribution >= 4 is 12.1 Å². The molecule has 2 aliphatic rings. The van der Waals surface area contributed by atoms with E-state index in [2.05, 4.69) is 53.4 Å². The lowest BCUT2D eigenvalue weighted by Crippen LogP contribution is -2.65. The summed E-state index contributed by atoms with van der Waals surface area (Å²) in [5.41, 5.74) is 1.77. The number of nitrogens with zero attached hydrogens (tertiary/aromatic N) is 2. The SMILES string of the molecule is CC(=O)OC1C2CCCN2C(C(c2ccccc2)c2ccccc2)CN1C(=O)OC(C)(C)C. The molecule has 2 aromatic rings. The second-order valence-corrected chi connectivity index (χ2v) is 9.95. The van der Waals surface area contributed by atoms with E-state index in [1.807, 2.05) is 32.9 Å². The second-order valence-electron chi connectivity index (χ2n) is 9.95. The molecule has 0 aromatic heterocycles. The van der Waals surface area contributed by atoms with Gasteiger partial charge < -0.3 is 9.47 Å². The number of amides is 1. The Morgan fingerprint density at radius 2 is 1.55 bits per heavy atom. The number of esters is 1. The molecule has 6 heteroatoms. The molecule has 0 bridgehead atoms. The van der Waals surface area contributed by atoms with Crippen LogP contribution in [0.3, 0.4) is 0 Å². The summed E-state index contributed by atoms with van der Waals surface area (Å²) in [6.07, 6.45) is 0.773. The van der Waals surface area contributed by atoms with Crippen molar-refractivity contribution < 1.29 is 19.1 Å². The molecule has 3 unspecified atom stereocenters. The number of carbonyl (C=O) groups is 2. The van der Waals surface area contributed by atoms with Crippen LogP contribution < -0.4 is 0 Å². The van der Waals surface area contributed by atoms with Gasteiger partial charge in [-0.1, -0.05) is 60.7 Å². The van der Waals surface area contributed by atoms with E-state index in [9.17, 15) is 9.59 Å². The summed E-state index contributed by atoms with van der Waals surface area (Å²) in [7, 11) is 0. The summed E-state index contributed by atoms with van der Waals surface area (Å²) >= 11 is 0. The van der Waals surface area contributed by atoms with Crippen LogP contribution in [0.5, 0.6) is 0 Å². The molecule has 2 fully saturated rings. The molecular weight excluding hydrogens is 416 g/mol. The Kier molecular flexibility index (Phi) is 6.75. The predicted octanol–water partition coefficient (Wildman–Crippen LogP) is 4.79. The van der Waals surface area contributed by atoms with Gasteiger partial charge in [0.1, 0.15) is 5.60 Å². The van der Waals surface area contributed by atoms with Gasteiger partial charge in [0.15, 0.2) is 6.23 Å². The minimum atomic E-state index is -0.650. The maximum absolute atomic E-state index is 13.3. The van der Waals surface area contributed by atoms with Gasteiger partial charge in [-0.3, -0.25) is 14.6 Å². The van der Waals surface area contributed by atoms with E-state index in [0.29, 0.717) is 6.54 Å². The molecule has 0 radical (unpaired) electrons. The van der Waals surface area contributed by atoms with Crippen molar-refractivity contribution in [1.82, 2.24) is 9.80 Å². The van der Waals surface area contributed by atoms with Gasteiger partial charge >= 0.3 is 12.1 Å². The predicted molar refractivity (Wildman–Crippen MR) is 127 cm³/mol. The molecular formula is C27H34N2O4.